The molecular formula is C20H16N6O2S. The van der Waals surface area contributed by atoms with E-state index in [2.05, 4.69) is 39.3 Å². The predicted molar refractivity (Wildman–Crippen MR) is 110 cm³/mol. The Bertz CT molecular complexity index is 1420. The molecule has 0 aliphatic rings. The second kappa shape index (κ2) is 6.85. The summed E-state index contributed by atoms with van der Waals surface area (Å²) in [4.78, 5) is 19.8. The highest BCUT2D eigenvalue weighted by Gasteiger charge is 2.15. The molecule has 1 N–H and O–H groups in total. The molecule has 0 aliphatic carbocycles. The minimum absolute atomic E-state index is 0.236. The summed E-state index contributed by atoms with van der Waals surface area (Å²) in [5.74, 6) is 0.948. The molecule has 5 rings (SSSR count). The lowest BCUT2D eigenvalue weighted by atomic mass is 10.1. The Hall–Kier alpha value is -3.46. The molecule has 0 unspecified atom stereocenters. The van der Waals surface area contributed by atoms with Crippen LogP contribution in [-0.2, 0) is 5.75 Å². The number of nitrogens with one attached hydrogen (secondary N) is 1. The minimum Gasteiger partial charge on any atom is -0.449 e. The molecule has 0 radical (unpaired) electrons. The average Bonchev–Trinajstić information content (AvgIpc) is 3.33. The van der Waals surface area contributed by atoms with E-state index in [1.165, 1.54) is 17.3 Å². The number of rotatable bonds is 4. The van der Waals surface area contributed by atoms with Gasteiger partial charge in [-0.05, 0) is 59.7 Å². The number of furan rings is 1. The van der Waals surface area contributed by atoms with Crippen LogP contribution in [-0.4, -0.2) is 30.2 Å². The number of fused-ring (bicyclic) bond motifs is 3. The van der Waals surface area contributed by atoms with Crippen LogP contribution in [0, 0.1) is 13.8 Å². The molecule has 0 saturated carbocycles. The summed E-state index contributed by atoms with van der Waals surface area (Å²) < 4.78 is 7.32. The first kappa shape index (κ1) is 17.6. The van der Waals surface area contributed by atoms with Crippen LogP contribution in [0.5, 0.6) is 0 Å². The summed E-state index contributed by atoms with van der Waals surface area (Å²) >= 11 is 1.40. The van der Waals surface area contributed by atoms with Gasteiger partial charge in [0.25, 0.3) is 5.56 Å². The SMILES string of the molecule is Cc1ccc(-n2nnnc2SCc2nc3c(oc4ccccc43)c(=O)[nH]2)cc1C. The molecule has 0 fully saturated rings. The fraction of sp³-hybridized carbons (Fsp3) is 0.150. The third-order valence-electron chi connectivity index (χ3n) is 4.79. The third kappa shape index (κ3) is 3.09. The molecule has 5 aromatic rings. The number of thioether (sulfide) groups is 1. The molecule has 9 heteroatoms. The summed E-state index contributed by atoms with van der Waals surface area (Å²) in [7, 11) is 0. The van der Waals surface area contributed by atoms with Gasteiger partial charge in [-0.1, -0.05) is 30.0 Å². The number of hydrogen-bond acceptors (Lipinski definition) is 7. The number of benzene rings is 2. The zero-order valence-corrected chi connectivity index (χ0v) is 16.5. The van der Waals surface area contributed by atoms with Gasteiger partial charge in [0.2, 0.25) is 10.7 Å². The smallest absolute Gasteiger partial charge is 0.294 e. The highest BCUT2D eigenvalue weighted by atomic mass is 32.2. The molecule has 0 bridgehead atoms. The second-order valence-corrected chi connectivity index (χ2v) is 7.66. The lowest BCUT2D eigenvalue weighted by Crippen LogP contribution is -2.10. The average molecular weight is 404 g/mol. The maximum absolute atomic E-state index is 12.4. The largest absolute Gasteiger partial charge is 0.449 e. The summed E-state index contributed by atoms with van der Waals surface area (Å²) in [5.41, 5.74) is 4.40. The number of nitrogens with zero attached hydrogens (tertiary/aromatic N) is 5. The molecular weight excluding hydrogens is 388 g/mol. The van der Waals surface area contributed by atoms with Crippen molar-refractivity contribution >= 4 is 33.8 Å². The Balaban J connectivity index is 1.47. The first-order valence-corrected chi connectivity index (χ1v) is 9.98. The lowest BCUT2D eigenvalue weighted by Gasteiger charge is -2.06. The van der Waals surface area contributed by atoms with Crippen LogP contribution in [0.4, 0.5) is 0 Å². The summed E-state index contributed by atoms with van der Waals surface area (Å²) in [6, 6.07) is 13.5. The summed E-state index contributed by atoms with van der Waals surface area (Å²) in [6.07, 6.45) is 0. The van der Waals surface area contributed by atoms with Crippen LogP contribution in [0.25, 0.3) is 27.8 Å². The van der Waals surface area contributed by atoms with E-state index >= 15 is 0 Å². The monoisotopic (exact) mass is 404 g/mol. The van der Waals surface area contributed by atoms with E-state index in [1.807, 2.05) is 42.5 Å². The molecule has 0 atom stereocenters. The van der Waals surface area contributed by atoms with Crippen molar-refractivity contribution in [3.63, 3.8) is 0 Å². The van der Waals surface area contributed by atoms with E-state index < -0.39 is 0 Å². The van der Waals surface area contributed by atoms with Gasteiger partial charge >= 0.3 is 0 Å². The van der Waals surface area contributed by atoms with Gasteiger partial charge in [0.15, 0.2) is 0 Å². The van der Waals surface area contributed by atoms with Gasteiger partial charge < -0.3 is 9.40 Å². The molecule has 2 aromatic carbocycles. The number of H-pyrrole nitrogens is 1. The van der Waals surface area contributed by atoms with Gasteiger partial charge in [-0.3, -0.25) is 4.79 Å². The summed E-state index contributed by atoms with van der Waals surface area (Å²) in [6.45, 7) is 4.11. The number of hydrogen-bond donors (Lipinski definition) is 1. The van der Waals surface area contributed by atoms with E-state index in [1.54, 1.807) is 4.68 Å². The molecule has 0 amide bonds. The standard InChI is InChI=1S/C20H16N6O2S/c1-11-7-8-13(9-12(11)2)26-20(23-24-25-26)29-10-16-21-17-14-5-3-4-6-15(14)28-18(17)19(27)22-16/h3-9H,10H2,1-2H3,(H,21,22,27). The van der Waals surface area contributed by atoms with Crippen molar-refractivity contribution in [2.45, 2.75) is 24.8 Å². The molecule has 3 aromatic heterocycles. The third-order valence-corrected chi connectivity index (χ3v) is 5.72. The predicted octanol–water partition coefficient (Wildman–Crippen LogP) is 3.55. The van der Waals surface area contributed by atoms with E-state index in [0.29, 0.717) is 27.8 Å². The summed E-state index contributed by atoms with van der Waals surface area (Å²) in [5, 5.41) is 13.4. The van der Waals surface area contributed by atoms with Gasteiger partial charge in [0.1, 0.15) is 16.9 Å². The molecule has 0 aliphatic heterocycles. The van der Waals surface area contributed by atoms with Crippen LogP contribution in [0.3, 0.4) is 0 Å². The first-order chi connectivity index (χ1) is 14.1. The fourth-order valence-corrected chi connectivity index (χ4v) is 3.90. The van der Waals surface area contributed by atoms with Gasteiger partial charge in [0, 0.05) is 5.39 Å². The van der Waals surface area contributed by atoms with Crippen LogP contribution in [0.15, 0.2) is 56.8 Å². The van der Waals surface area contributed by atoms with Crippen molar-refractivity contribution in [2.24, 2.45) is 0 Å². The zero-order valence-electron chi connectivity index (χ0n) is 15.7. The van der Waals surface area contributed by atoms with Crippen LogP contribution in [0.1, 0.15) is 17.0 Å². The van der Waals surface area contributed by atoms with Crippen LogP contribution < -0.4 is 5.56 Å². The fourth-order valence-electron chi connectivity index (χ4n) is 3.14. The van der Waals surface area contributed by atoms with Gasteiger partial charge in [-0.2, -0.15) is 4.68 Å². The lowest BCUT2D eigenvalue weighted by molar-refractivity contribution is 0.660. The number of aryl methyl sites for hydroxylation is 2. The van der Waals surface area contributed by atoms with E-state index in [4.69, 9.17) is 4.42 Å². The van der Waals surface area contributed by atoms with Crippen LogP contribution in [0.2, 0.25) is 0 Å². The second-order valence-electron chi connectivity index (χ2n) is 6.72. The number of aromatic amines is 1. The molecule has 0 saturated heterocycles. The maximum atomic E-state index is 12.4. The minimum atomic E-state index is -0.296. The molecule has 8 nitrogen and oxygen atoms in total. The molecule has 3 heterocycles. The molecule has 29 heavy (non-hydrogen) atoms. The Labute approximate surface area is 169 Å². The normalized spacial score (nSPS) is 11.5. The van der Waals surface area contributed by atoms with Crippen LogP contribution >= 0.6 is 11.8 Å². The number of aromatic nitrogens is 6. The van der Waals surface area contributed by atoms with Gasteiger partial charge in [-0.15, -0.1) is 5.10 Å². The topological polar surface area (TPSA) is 102 Å². The van der Waals surface area contributed by atoms with Crippen molar-refractivity contribution in [3.8, 4) is 5.69 Å². The van der Waals surface area contributed by atoms with Crippen molar-refractivity contribution in [2.75, 3.05) is 0 Å². The molecule has 144 valence electrons. The van der Waals surface area contributed by atoms with E-state index in [-0.39, 0.29) is 11.1 Å². The van der Waals surface area contributed by atoms with Gasteiger partial charge in [-0.25, -0.2) is 4.98 Å². The highest BCUT2D eigenvalue weighted by molar-refractivity contribution is 7.98. The number of tetrazole rings is 1. The highest BCUT2D eigenvalue weighted by Crippen LogP contribution is 2.26. The van der Waals surface area contributed by atoms with E-state index in [9.17, 15) is 4.79 Å². The molecule has 0 spiro atoms. The van der Waals surface area contributed by atoms with Crippen molar-refractivity contribution < 1.29 is 4.42 Å². The van der Waals surface area contributed by atoms with E-state index in [0.717, 1.165) is 16.6 Å². The Kier molecular flexibility index (Phi) is 4.17. The van der Waals surface area contributed by atoms with Crippen molar-refractivity contribution in [1.82, 2.24) is 30.2 Å². The quantitative estimate of drug-likeness (QED) is 0.457. The zero-order chi connectivity index (χ0) is 20.0. The maximum Gasteiger partial charge on any atom is 0.294 e. The Morgan fingerprint density at radius 3 is 2.86 bits per heavy atom. The Morgan fingerprint density at radius 1 is 1.14 bits per heavy atom. The van der Waals surface area contributed by atoms with Crippen molar-refractivity contribution in [1.29, 1.82) is 0 Å². The van der Waals surface area contributed by atoms with Crippen molar-refractivity contribution in [3.05, 3.63) is 69.8 Å². The Morgan fingerprint density at radius 2 is 2.00 bits per heavy atom. The van der Waals surface area contributed by atoms with Gasteiger partial charge in [0.05, 0.1) is 11.4 Å². The first-order valence-electron chi connectivity index (χ1n) is 8.99. The number of para-hydroxylation sites is 1.